The third kappa shape index (κ3) is 2.88. The number of nitrogens with zero attached hydrogens (tertiary/aromatic N) is 3. The minimum Gasteiger partial charge on any atom is -0.477 e. The summed E-state index contributed by atoms with van der Waals surface area (Å²) in [6.45, 7) is 0. The molecule has 2 N–H and O–H groups in total. The van der Waals surface area contributed by atoms with Crippen molar-refractivity contribution in [2.24, 2.45) is 7.05 Å². The summed E-state index contributed by atoms with van der Waals surface area (Å²) in [6, 6.07) is 2.93. The first-order valence-electron chi connectivity index (χ1n) is 5.02. The van der Waals surface area contributed by atoms with Crippen molar-refractivity contribution in [3.8, 4) is 0 Å². The molecular weight excluding hydrogens is 272 g/mol. The maximum atomic E-state index is 11.2. The summed E-state index contributed by atoms with van der Waals surface area (Å²) in [4.78, 5) is 40.8. The van der Waals surface area contributed by atoms with Crippen molar-refractivity contribution in [1.29, 1.82) is 0 Å². The van der Waals surface area contributed by atoms with Gasteiger partial charge in [0.1, 0.15) is 5.69 Å². The number of pyridine rings is 1. The van der Waals surface area contributed by atoms with E-state index in [9.17, 15) is 14.4 Å². The van der Waals surface area contributed by atoms with Crippen LogP contribution in [0.2, 0.25) is 0 Å². The molecule has 2 heterocycles. The number of H-pyrrole nitrogens is 1. The zero-order valence-electron chi connectivity index (χ0n) is 9.65. The fourth-order valence-corrected chi connectivity index (χ4v) is 2.07. The lowest BCUT2D eigenvalue weighted by molar-refractivity contribution is 0.0690. The van der Waals surface area contributed by atoms with Crippen molar-refractivity contribution >= 4 is 17.7 Å². The standard InChI is InChI=1S/C10H8N4O4S/c1-14-10(12-7(15)8(16)13-14)19-5-2-3-11-6(4-5)9(17)18/h2-4H,1H3,(H,13,16)(H,17,18). The van der Waals surface area contributed by atoms with Crippen molar-refractivity contribution < 1.29 is 9.90 Å². The molecule has 0 aliphatic rings. The van der Waals surface area contributed by atoms with Crippen LogP contribution in [0.25, 0.3) is 0 Å². The fraction of sp³-hybridized carbons (Fsp3) is 0.100. The Labute approximate surface area is 110 Å². The molecule has 8 nitrogen and oxygen atoms in total. The molecule has 2 aromatic rings. The van der Waals surface area contributed by atoms with Gasteiger partial charge in [-0.2, -0.15) is 4.98 Å². The van der Waals surface area contributed by atoms with Crippen molar-refractivity contribution in [1.82, 2.24) is 19.7 Å². The van der Waals surface area contributed by atoms with Crippen molar-refractivity contribution in [2.75, 3.05) is 0 Å². The van der Waals surface area contributed by atoms with Gasteiger partial charge < -0.3 is 5.11 Å². The predicted molar refractivity (Wildman–Crippen MR) is 65.4 cm³/mol. The summed E-state index contributed by atoms with van der Waals surface area (Å²) in [6.07, 6.45) is 1.34. The SMILES string of the molecule is Cn1[nH]c(=O)c(=O)nc1Sc1ccnc(C(=O)O)c1. The monoisotopic (exact) mass is 280 g/mol. The van der Waals surface area contributed by atoms with Crippen LogP contribution in [0.15, 0.2) is 38.0 Å². The number of nitrogens with one attached hydrogen (secondary N) is 1. The number of hydrogen-bond acceptors (Lipinski definition) is 6. The fourth-order valence-electron chi connectivity index (χ4n) is 1.25. The van der Waals surface area contributed by atoms with Gasteiger partial charge in [0.25, 0.3) is 0 Å². The minimum absolute atomic E-state index is 0.112. The van der Waals surface area contributed by atoms with Crippen molar-refractivity contribution in [3.63, 3.8) is 0 Å². The van der Waals surface area contributed by atoms with E-state index in [0.29, 0.717) is 4.90 Å². The third-order valence-corrected chi connectivity index (χ3v) is 3.14. The molecule has 0 aromatic carbocycles. The summed E-state index contributed by atoms with van der Waals surface area (Å²) >= 11 is 1.05. The van der Waals surface area contributed by atoms with Crippen LogP contribution >= 0.6 is 11.8 Å². The molecule has 0 bridgehead atoms. The number of rotatable bonds is 3. The van der Waals surface area contributed by atoms with Crippen molar-refractivity contribution in [3.05, 3.63) is 44.7 Å². The van der Waals surface area contributed by atoms with E-state index in [2.05, 4.69) is 15.1 Å². The first-order chi connectivity index (χ1) is 8.97. The van der Waals surface area contributed by atoms with E-state index in [4.69, 9.17) is 5.11 Å². The first-order valence-corrected chi connectivity index (χ1v) is 5.83. The van der Waals surface area contributed by atoms with Gasteiger partial charge in [-0.1, -0.05) is 0 Å². The highest BCUT2D eigenvalue weighted by Gasteiger charge is 2.09. The lowest BCUT2D eigenvalue weighted by atomic mass is 10.4. The van der Waals surface area contributed by atoms with Crippen LogP contribution < -0.4 is 11.1 Å². The highest BCUT2D eigenvalue weighted by Crippen LogP contribution is 2.24. The number of aryl methyl sites for hydroxylation is 1. The Morgan fingerprint density at radius 2 is 2.21 bits per heavy atom. The van der Waals surface area contributed by atoms with Crippen LogP contribution in [0, 0.1) is 0 Å². The van der Waals surface area contributed by atoms with Crippen molar-refractivity contribution in [2.45, 2.75) is 10.1 Å². The molecule has 0 radical (unpaired) electrons. The van der Waals surface area contributed by atoms with Crippen LogP contribution in [0.3, 0.4) is 0 Å². The van der Waals surface area contributed by atoms with Crippen LogP contribution in [0.5, 0.6) is 0 Å². The van der Waals surface area contributed by atoms with E-state index in [1.165, 1.54) is 24.0 Å². The highest BCUT2D eigenvalue weighted by atomic mass is 32.2. The third-order valence-electron chi connectivity index (χ3n) is 2.11. The summed E-state index contributed by atoms with van der Waals surface area (Å²) in [5, 5.41) is 11.4. The molecule has 2 rings (SSSR count). The number of aromatic nitrogens is 4. The zero-order chi connectivity index (χ0) is 14.0. The van der Waals surface area contributed by atoms with E-state index in [0.717, 1.165) is 11.8 Å². The average Bonchev–Trinajstić information content (AvgIpc) is 2.36. The summed E-state index contributed by atoms with van der Waals surface area (Å²) in [5.74, 6) is -1.15. The van der Waals surface area contributed by atoms with Crippen LogP contribution in [-0.2, 0) is 7.05 Å². The predicted octanol–water partition coefficient (Wildman–Crippen LogP) is -0.287. The number of aromatic amines is 1. The topological polar surface area (TPSA) is 118 Å². The maximum Gasteiger partial charge on any atom is 0.354 e. The van der Waals surface area contributed by atoms with E-state index < -0.39 is 17.1 Å². The molecule has 0 fully saturated rings. The van der Waals surface area contributed by atoms with Gasteiger partial charge in [-0.05, 0) is 23.9 Å². The van der Waals surface area contributed by atoms with Gasteiger partial charge in [0, 0.05) is 18.1 Å². The summed E-state index contributed by atoms with van der Waals surface area (Å²) < 4.78 is 1.29. The Balaban J connectivity index is 2.39. The van der Waals surface area contributed by atoms with Gasteiger partial charge in [0.2, 0.25) is 0 Å². The van der Waals surface area contributed by atoms with Gasteiger partial charge in [0.05, 0.1) is 0 Å². The van der Waals surface area contributed by atoms with Gasteiger partial charge in [0.15, 0.2) is 5.16 Å². The molecule has 9 heteroatoms. The van der Waals surface area contributed by atoms with Crippen LogP contribution in [-0.4, -0.2) is 30.8 Å². The molecule has 2 aromatic heterocycles. The van der Waals surface area contributed by atoms with Gasteiger partial charge in [-0.15, -0.1) is 0 Å². The highest BCUT2D eigenvalue weighted by molar-refractivity contribution is 7.99. The molecule has 0 saturated carbocycles. The number of carboxylic acids is 1. The smallest absolute Gasteiger partial charge is 0.354 e. The molecule has 0 amide bonds. The lowest BCUT2D eigenvalue weighted by Crippen LogP contribution is -2.33. The molecule has 98 valence electrons. The van der Waals surface area contributed by atoms with E-state index in [1.807, 2.05) is 0 Å². The molecule has 19 heavy (non-hydrogen) atoms. The molecule has 0 atom stereocenters. The number of carbonyl (C=O) groups is 1. The first kappa shape index (κ1) is 13.0. The normalized spacial score (nSPS) is 10.4. The largest absolute Gasteiger partial charge is 0.477 e. The second-order valence-corrected chi connectivity index (χ2v) is 4.52. The molecule has 0 saturated heterocycles. The Morgan fingerprint density at radius 1 is 1.47 bits per heavy atom. The van der Waals surface area contributed by atoms with Crippen LogP contribution in [0.4, 0.5) is 0 Å². The van der Waals surface area contributed by atoms with Crippen LogP contribution in [0.1, 0.15) is 10.5 Å². The Kier molecular flexibility index (Phi) is 3.47. The summed E-state index contributed by atoms with van der Waals surface area (Å²) in [7, 11) is 1.52. The number of carboxylic acid groups (broad SMARTS) is 1. The second-order valence-electron chi connectivity index (χ2n) is 3.48. The molecule has 0 unspecified atom stereocenters. The Bertz CT molecular complexity index is 752. The Hall–Kier alpha value is -2.42. The summed E-state index contributed by atoms with van der Waals surface area (Å²) in [5.41, 5.74) is -1.82. The number of aromatic carboxylic acids is 1. The molecule has 0 spiro atoms. The quantitative estimate of drug-likeness (QED) is 0.742. The van der Waals surface area contributed by atoms with E-state index in [1.54, 1.807) is 6.07 Å². The number of hydrogen-bond donors (Lipinski definition) is 2. The average molecular weight is 280 g/mol. The zero-order valence-corrected chi connectivity index (χ0v) is 10.5. The maximum absolute atomic E-state index is 11.2. The minimum atomic E-state index is -1.15. The molecule has 0 aliphatic heterocycles. The van der Waals surface area contributed by atoms with Gasteiger partial charge in [-0.3, -0.25) is 19.4 Å². The van der Waals surface area contributed by atoms with E-state index in [-0.39, 0.29) is 10.9 Å². The van der Waals surface area contributed by atoms with E-state index >= 15 is 0 Å². The molecule has 0 aliphatic carbocycles. The molecular formula is C10H8N4O4S. The van der Waals surface area contributed by atoms with Gasteiger partial charge >= 0.3 is 17.1 Å². The lowest BCUT2D eigenvalue weighted by Gasteiger charge is -2.05. The second kappa shape index (κ2) is 5.06. The van der Waals surface area contributed by atoms with Gasteiger partial charge in [-0.25, -0.2) is 9.78 Å². The Morgan fingerprint density at radius 3 is 2.89 bits per heavy atom.